The number of aryl methyl sites for hydroxylation is 2. The Morgan fingerprint density at radius 2 is 1.51 bits per heavy atom. The van der Waals surface area contributed by atoms with E-state index in [2.05, 4.69) is 129 Å². The van der Waals surface area contributed by atoms with Crippen molar-refractivity contribution in [1.29, 1.82) is 0 Å². The van der Waals surface area contributed by atoms with Gasteiger partial charge in [-0.1, -0.05) is 91.8 Å². The summed E-state index contributed by atoms with van der Waals surface area (Å²) < 4.78 is 9.45. The normalized spacial score (nSPS) is 13.3. The lowest BCUT2D eigenvalue weighted by molar-refractivity contribution is -0.659. The number of hydrogen-bond acceptors (Lipinski definition) is 1. The number of pyridine rings is 1. The van der Waals surface area contributed by atoms with E-state index in [1.807, 2.05) is 0 Å². The Morgan fingerprint density at radius 1 is 0.780 bits per heavy atom. The predicted octanol–water partition coefficient (Wildman–Crippen LogP) is 10.4. The highest BCUT2D eigenvalue weighted by Gasteiger charge is 2.34. The molecule has 0 bridgehead atoms. The number of hydrogen-bond donors (Lipinski definition) is 0. The third kappa shape index (κ3) is 4.90. The molecule has 2 nitrogen and oxygen atoms in total. The Bertz CT molecular complexity index is 1840. The van der Waals surface area contributed by atoms with Gasteiger partial charge in [0.25, 0.3) is 0 Å². The summed E-state index contributed by atoms with van der Waals surface area (Å²) in [5, 5.41) is 7.82. The highest BCUT2D eigenvalue weighted by Crippen LogP contribution is 2.53. The number of nitrogens with zero attached hydrogens (tertiary/aromatic N) is 1. The largest absolute Gasteiger partial charge is 0.455 e. The van der Waals surface area contributed by atoms with Crippen LogP contribution in [-0.4, -0.2) is 0 Å². The van der Waals surface area contributed by atoms with Crippen LogP contribution in [-0.2, 0) is 26.3 Å². The molecule has 0 atom stereocenters. The van der Waals surface area contributed by atoms with Gasteiger partial charge in [0.15, 0.2) is 6.20 Å². The number of aromatic nitrogens is 1. The predicted molar refractivity (Wildman–Crippen MR) is 175 cm³/mol. The van der Waals surface area contributed by atoms with Gasteiger partial charge < -0.3 is 4.74 Å². The standard InChI is InChI=1S/C39H46NO/c1-23(2)18-26-12-11-13-27-29-16-17-40(10)36-34-24(3)30-19-25(21-38(4,5)6)14-15-28(30)32(22-39(7,8)9)37(34)41-33(35(29)36)20-31(26)27/h11-17,19-20,23H,18,21-22H2,1-10H3/q+1. The van der Waals surface area contributed by atoms with E-state index in [0.29, 0.717) is 5.92 Å². The number of ether oxygens (including phenoxy) is 1. The fourth-order valence-corrected chi connectivity index (χ4v) is 7.02. The Balaban J connectivity index is 1.73. The van der Waals surface area contributed by atoms with Gasteiger partial charge in [0.2, 0.25) is 5.69 Å². The van der Waals surface area contributed by atoms with Crippen molar-refractivity contribution in [3.63, 3.8) is 0 Å². The summed E-state index contributed by atoms with van der Waals surface area (Å²) in [6.07, 6.45) is 5.31. The second-order valence-electron chi connectivity index (χ2n) is 15.3. The summed E-state index contributed by atoms with van der Waals surface area (Å²) in [6.45, 7) is 20.9. The van der Waals surface area contributed by atoms with Crippen LogP contribution in [0.25, 0.3) is 43.6 Å². The van der Waals surface area contributed by atoms with E-state index in [-0.39, 0.29) is 10.8 Å². The monoisotopic (exact) mass is 544 g/mol. The van der Waals surface area contributed by atoms with Gasteiger partial charge in [-0.25, -0.2) is 4.57 Å². The first kappa shape index (κ1) is 27.8. The molecule has 2 heterocycles. The van der Waals surface area contributed by atoms with E-state index < -0.39 is 0 Å². The molecule has 1 aromatic heterocycles. The van der Waals surface area contributed by atoms with Crippen molar-refractivity contribution in [2.24, 2.45) is 23.8 Å². The Kier molecular flexibility index (Phi) is 6.49. The van der Waals surface area contributed by atoms with E-state index in [4.69, 9.17) is 4.74 Å². The molecule has 6 rings (SSSR count). The third-order valence-electron chi connectivity index (χ3n) is 8.54. The summed E-state index contributed by atoms with van der Waals surface area (Å²) >= 11 is 0. The van der Waals surface area contributed by atoms with Crippen LogP contribution in [0.5, 0.6) is 11.5 Å². The molecule has 0 saturated heterocycles. The first-order valence-electron chi connectivity index (χ1n) is 15.3. The maximum atomic E-state index is 7.14. The molecule has 0 fully saturated rings. The zero-order valence-corrected chi connectivity index (χ0v) is 26.8. The van der Waals surface area contributed by atoms with Crippen LogP contribution in [0.15, 0.2) is 54.7 Å². The quantitative estimate of drug-likeness (QED) is 0.159. The Labute approximate surface area is 246 Å². The van der Waals surface area contributed by atoms with Crippen LogP contribution in [0.4, 0.5) is 0 Å². The summed E-state index contributed by atoms with van der Waals surface area (Å²) in [4.78, 5) is 0. The topological polar surface area (TPSA) is 13.1 Å². The molecule has 0 aliphatic carbocycles. The average Bonchev–Trinajstić information content (AvgIpc) is 2.86. The van der Waals surface area contributed by atoms with E-state index >= 15 is 0 Å². The minimum absolute atomic E-state index is 0.117. The molecule has 212 valence electrons. The molecule has 0 spiro atoms. The minimum atomic E-state index is 0.117. The zero-order chi connectivity index (χ0) is 29.4. The fraction of sp³-hybridized carbons (Fsp3) is 0.410. The second kappa shape index (κ2) is 9.58. The van der Waals surface area contributed by atoms with E-state index in [0.717, 1.165) is 30.8 Å². The van der Waals surface area contributed by atoms with Gasteiger partial charge in [-0.2, -0.15) is 0 Å². The lowest BCUT2D eigenvalue weighted by Crippen LogP contribution is -2.32. The molecule has 5 aromatic rings. The van der Waals surface area contributed by atoms with Crippen LogP contribution >= 0.6 is 0 Å². The third-order valence-corrected chi connectivity index (χ3v) is 8.54. The molecule has 41 heavy (non-hydrogen) atoms. The maximum Gasteiger partial charge on any atom is 0.228 e. The van der Waals surface area contributed by atoms with E-state index in [9.17, 15) is 0 Å². The van der Waals surface area contributed by atoms with Crippen molar-refractivity contribution in [1.82, 2.24) is 0 Å². The van der Waals surface area contributed by atoms with Crippen molar-refractivity contribution < 1.29 is 9.30 Å². The van der Waals surface area contributed by atoms with Gasteiger partial charge in [0, 0.05) is 17.0 Å². The van der Waals surface area contributed by atoms with Gasteiger partial charge in [-0.05, 0) is 87.2 Å². The Morgan fingerprint density at radius 3 is 2.20 bits per heavy atom. The average molecular weight is 545 g/mol. The van der Waals surface area contributed by atoms with Gasteiger partial charge in [0.05, 0.1) is 10.9 Å². The lowest BCUT2D eigenvalue weighted by atomic mass is 9.80. The molecular weight excluding hydrogens is 498 g/mol. The molecule has 0 radical (unpaired) electrons. The SMILES string of the molecule is Cc1c2c(c(CC(C)(C)C)c3ccc(CC(C)(C)C)cc13)Oc1cc3c(CC(C)C)cccc3c3cc[n+](C)c-2c13. The summed E-state index contributed by atoms with van der Waals surface area (Å²) in [6, 6.07) is 18.6. The van der Waals surface area contributed by atoms with E-state index in [1.165, 1.54) is 65.8 Å². The van der Waals surface area contributed by atoms with Gasteiger partial charge in [0.1, 0.15) is 18.5 Å². The number of fused-ring (bicyclic) bond motifs is 5. The van der Waals surface area contributed by atoms with Crippen molar-refractivity contribution >= 4 is 32.3 Å². The van der Waals surface area contributed by atoms with Crippen LogP contribution in [0.3, 0.4) is 0 Å². The fourth-order valence-electron chi connectivity index (χ4n) is 7.02. The number of benzene rings is 4. The molecule has 4 aromatic carbocycles. The summed E-state index contributed by atoms with van der Waals surface area (Å²) in [5.74, 6) is 2.62. The zero-order valence-electron chi connectivity index (χ0n) is 26.8. The number of rotatable bonds is 4. The van der Waals surface area contributed by atoms with Crippen molar-refractivity contribution in [3.8, 4) is 22.8 Å². The van der Waals surface area contributed by atoms with Crippen LogP contribution in [0.2, 0.25) is 0 Å². The minimum Gasteiger partial charge on any atom is -0.455 e. The second-order valence-corrected chi connectivity index (χ2v) is 15.3. The maximum absolute atomic E-state index is 7.14. The molecule has 2 heteroatoms. The van der Waals surface area contributed by atoms with Crippen LogP contribution in [0.1, 0.15) is 77.6 Å². The lowest BCUT2D eigenvalue weighted by Gasteiger charge is -2.29. The van der Waals surface area contributed by atoms with Crippen molar-refractivity contribution in [2.45, 2.75) is 81.6 Å². The van der Waals surface area contributed by atoms with Crippen LogP contribution in [0, 0.1) is 23.7 Å². The smallest absolute Gasteiger partial charge is 0.228 e. The molecule has 0 unspecified atom stereocenters. The highest BCUT2D eigenvalue weighted by atomic mass is 16.5. The van der Waals surface area contributed by atoms with Gasteiger partial charge >= 0.3 is 0 Å². The highest BCUT2D eigenvalue weighted by molar-refractivity contribution is 6.16. The molecule has 1 aliphatic rings. The summed E-state index contributed by atoms with van der Waals surface area (Å²) in [7, 11) is 2.19. The van der Waals surface area contributed by atoms with E-state index in [1.54, 1.807) is 0 Å². The molecule has 1 aliphatic heterocycles. The molecule has 0 saturated carbocycles. The van der Waals surface area contributed by atoms with Crippen molar-refractivity contribution in [2.75, 3.05) is 0 Å². The van der Waals surface area contributed by atoms with Crippen LogP contribution < -0.4 is 9.30 Å². The molecular formula is C39H46NO+. The molecule has 0 amide bonds. The molecule has 0 N–H and O–H groups in total. The van der Waals surface area contributed by atoms with Gasteiger partial charge in [-0.3, -0.25) is 0 Å². The summed E-state index contributed by atoms with van der Waals surface area (Å²) in [5.41, 5.74) is 8.31. The van der Waals surface area contributed by atoms with Crippen molar-refractivity contribution in [3.05, 3.63) is 77.0 Å². The first-order valence-corrected chi connectivity index (χ1v) is 15.3. The van der Waals surface area contributed by atoms with Gasteiger partial charge in [-0.15, -0.1) is 0 Å². The first-order chi connectivity index (χ1) is 19.2. The Hall–Kier alpha value is -3.39.